The number of fused-ring (bicyclic) bond motifs is 1. The summed E-state index contributed by atoms with van der Waals surface area (Å²) in [5.41, 5.74) is 1.98. The summed E-state index contributed by atoms with van der Waals surface area (Å²) in [6.07, 6.45) is 27.5. The van der Waals surface area contributed by atoms with Gasteiger partial charge in [0.2, 0.25) is 0 Å². The number of nitrogens with zero attached hydrogens (tertiary/aromatic N) is 2. The van der Waals surface area contributed by atoms with Crippen molar-refractivity contribution in [1.29, 1.82) is 0 Å². The van der Waals surface area contributed by atoms with Crippen LogP contribution < -0.4 is 0 Å². The Morgan fingerprint density at radius 3 is 2.45 bits per heavy atom. The molecule has 1 spiro atoms. The van der Waals surface area contributed by atoms with Gasteiger partial charge in [0.05, 0.1) is 6.10 Å². The highest BCUT2D eigenvalue weighted by molar-refractivity contribution is 5.31. The molecule has 3 nitrogen and oxygen atoms in total. The molecule has 6 bridgehead atoms. The summed E-state index contributed by atoms with van der Waals surface area (Å²) in [6.45, 7) is 5.66. The van der Waals surface area contributed by atoms with Crippen LogP contribution in [0.1, 0.15) is 77.0 Å². The molecule has 0 amide bonds. The van der Waals surface area contributed by atoms with Crippen LogP contribution >= 0.6 is 0 Å². The third-order valence-electron chi connectivity index (χ3n) is 8.99. The van der Waals surface area contributed by atoms with Crippen molar-refractivity contribution in [2.75, 3.05) is 32.7 Å². The fraction of sp³-hybridized carbons (Fsp3) is 0.786. The number of hydrogen-bond acceptors (Lipinski definition) is 3. The standard InChI is InChI=1S/C28H44N2O/c31-25-21-29-17-13-9-5-2-1-3-7-11-15-23-19-24-20-30-18-14-10-6-4-8-12-16-28(22-29,26(24)25)27(23)30/h2,4-5,8,19,24-27,31H,1,3,6-7,9-18,20-22H2/b5-2-,8-4+/t24-,25-,26+,27-,28+/m1/s1. The minimum absolute atomic E-state index is 0.165. The van der Waals surface area contributed by atoms with Gasteiger partial charge in [-0.25, -0.2) is 0 Å². The summed E-state index contributed by atoms with van der Waals surface area (Å²) in [5, 5.41) is 11.5. The minimum Gasteiger partial charge on any atom is -0.391 e. The van der Waals surface area contributed by atoms with Crippen LogP contribution in [0.5, 0.6) is 0 Å². The monoisotopic (exact) mass is 424 g/mol. The lowest BCUT2D eigenvalue weighted by Crippen LogP contribution is -2.72. The Balaban J connectivity index is 1.51. The van der Waals surface area contributed by atoms with Gasteiger partial charge in [0.15, 0.2) is 0 Å². The number of rotatable bonds is 0. The maximum absolute atomic E-state index is 11.5. The molecule has 0 aromatic heterocycles. The molecule has 0 aromatic rings. The Bertz CT molecular complexity index is 697. The highest BCUT2D eigenvalue weighted by Gasteiger charge is 2.61. The summed E-state index contributed by atoms with van der Waals surface area (Å²) < 4.78 is 0. The minimum atomic E-state index is -0.165. The first-order valence-electron chi connectivity index (χ1n) is 13.4. The summed E-state index contributed by atoms with van der Waals surface area (Å²) >= 11 is 0. The second-order valence-electron chi connectivity index (χ2n) is 11.1. The zero-order chi connectivity index (χ0) is 21.1. The molecule has 0 saturated carbocycles. The molecule has 0 radical (unpaired) electrons. The van der Waals surface area contributed by atoms with Gasteiger partial charge < -0.3 is 10.0 Å². The first-order chi connectivity index (χ1) is 15.3. The number of allylic oxidation sites excluding steroid dienone is 4. The van der Waals surface area contributed by atoms with Crippen molar-refractivity contribution >= 4 is 0 Å². The summed E-state index contributed by atoms with van der Waals surface area (Å²) in [4.78, 5) is 5.53. The van der Waals surface area contributed by atoms with Crippen LogP contribution in [-0.2, 0) is 0 Å². The van der Waals surface area contributed by atoms with Crippen LogP contribution in [0.25, 0.3) is 0 Å². The Morgan fingerprint density at radius 2 is 1.58 bits per heavy atom. The van der Waals surface area contributed by atoms with E-state index >= 15 is 0 Å². The molecule has 2 fully saturated rings. The molecule has 6 aliphatic rings. The lowest BCUT2D eigenvalue weighted by molar-refractivity contribution is -0.160. The molecule has 31 heavy (non-hydrogen) atoms. The maximum atomic E-state index is 11.5. The molecule has 6 rings (SSSR count). The van der Waals surface area contributed by atoms with Gasteiger partial charge in [-0.1, -0.05) is 42.4 Å². The van der Waals surface area contributed by atoms with Crippen LogP contribution in [0, 0.1) is 17.3 Å². The molecule has 1 aliphatic carbocycles. The third-order valence-corrected chi connectivity index (χ3v) is 8.99. The normalized spacial score (nSPS) is 46.2. The molecular formula is C28H44N2O. The summed E-state index contributed by atoms with van der Waals surface area (Å²) in [5.74, 6) is 1.01. The van der Waals surface area contributed by atoms with Crippen molar-refractivity contribution in [2.45, 2.75) is 89.2 Å². The number of hydrogen-bond donors (Lipinski definition) is 1. The van der Waals surface area contributed by atoms with E-state index in [1.165, 1.54) is 96.7 Å². The highest BCUT2D eigenvalue weighted by atomic mass is 16.3. The molecule has 2 saturated heterocycles. The average Bonchev–Trinajstić information content (AvgIpc) is 2.78. The molecule has 2 unspecified atom stereocenters. The molecular weight excluding hydrogens is 380 g/mol. The van der Waals surface area contributed by atoms with Gasteiger partial charge in [-0.15, -0.1) is 0 Å². The Hall–Kier alpha value is -0.900. The first-order valence-corrected chi connectivity index (χ1v) is 13.4. The Morgan fingerprint density at radius 1 is 0.806 bits per heavy atom. The predicted molar refractivity (Wildman–Crippen MR) is 129 cm³/mol. The van der Waals surface area contributed by atoms with Gasteiger partial charge in [-0.2, -0.15) is 0 Å². The lowest BCUT2D eigenvalue weighted by atomic mass is 9.51. The van der Waals surface area contributed by atoms with E-state index in [0.29, 0.717) is 17.9 Å². The molecule has 0 aromatic carbocycles. The van der Waals surface area contributed by atoms with Gasteiger partial charge >= 0.3 is 0 Å². The van der Waals surface area contributed by atoms with Gasteiger partial charge in [0.1, 0.15) is 0 Å². The van der Waals surface area contributed by atoms with Crippen molar-refractivity contribution in [3.8, 4) is 0 Å². The van der Waals surface area contributed by atoms with Gasteiger partial charge in [-0.05, 0) is 89.6 Å². The van der Waals surface area contributed by atoms with Gasteiger partial charge in [0, 0.05) is 37.0 Å². The fourth-order valence-corrected chi connectivity index (χ4v) is 7.90. The topological polar surface area (TPSA) is 26.7 Å². The SMILES string of the molecule is O[C@@H]1CN2CCC/C=C\CCCCCC3=C[C@@H]4CN5CCCC/C=C/CC[C@](C2)([C@H]14)[C@@H]35. The van der Waals surface area contributed by atoms with E-state index in [-0.39, 0.29) is 11.5 Å². The van der Waals surface area contributed by atoms with Crippen LogP contribution in [0.4, 0.5) is 0 Å². The molecule has 172 valence electrons. The van der Waals surface area contributed by atoms with Crippen molar-refractivity contribution in [1.82, 2.24) is 9.80 Å². The average molecular weight is 425 g/mol. The summed E-state index contributed by atoms with van der Waals surface area (Å²) in [6, 6.07) is 0.565. The smallest absolute Gasteiger partial charge is 0.0707 e. The fourth-order valence-electron chi connectivity index (χ4n) is 7.90. The first kappa shape index (κ1) is 21.9. The van der Waals surface area contributed by atoms with Crippen LogP contribution in [0.2, 0.25) is 0 Å². The van der Waals surface area contributed by atoms with E-state index in [1.54, 1.807) is 5.57 Å². The van der Waals surface area contributed by atoms with Crippen molar-refractivity contribution < 1.29 is 5.11 Å². The number of aliphatic hydroxyl groups excluding tert-OH is 1. The van der Waals surface area contributed by atoms with Crippen molar-refractivity contribution in [3.63, 3.8) is 0 Å². The van der Waals surface area contributed by atoms with E-state index in [1.807, 2.05) is 0 Å². The van der Waals surface area contributed by atoms with E-state index in [0.717, 1.165) is 13.1 Å². The second-order valence-corrected chi connectivity index (χ2v) is 11.1. The Kier molecular flexibility index (Phi) is 7.02. The predicted octanol–water partition coefficient (Wildman–Crippen LogP) is 5.33. The molecule has 7 atom stereocenters. The number of piperidine rings is 2. The Labute approximate surface area is 190 Å². The summed E-state index contributed by atoms with van der Waals surface area (Å²) in [7, 11) is 0. The van der Waals surface area contributed by atoms with Gasteiger partial charge in [-0.3, -0.25) is 4.90 Å². The van der Waals surface area contributed by atoms with E-state index in [2.05, 4.69) is 40.2 Å². The second kappa shape index (κ2) is 9.93. The van der Waals surface area contributed by atoms with Crippen LogP contribution in [0.3, 0.4) is 0 Å². The zero-order valence-corrected chi connectivity index (χ0v) is 19.6. The number of aliphatic hydroxyl groups is 1. The van der Waals surface area contributed by atoms with E-state index in [4.69, 9.17) is 0 Å². The van der Waals surface area contributed by atoms with Crippen molar-refractivity contribution in [3.05, 3.63) is 36.0 Å². The molecule has 5 heterocycles. The molecule has 3 heteroatoms. The van der Waals surface area contributed by atoms with E-state index in [9.17, 15) is 5.11 Å². The maximum Gasteiger partial charge on any atom is 0.0707 e. The zero-order valence-electron chi connectivity index (χ0n) is 19.6. The van der Waals surface area contributed by atoms with E-state index < -0.39 is 0 Å². The van der Waals surface area contributed by atoms with Crippen LogP contribution in [0.15, 0.2) is 36.0 Å². The molecule has 1 N–H and O–H groups in total. The van der Waals surface area contributed by atoms with Gasteiger partial charge in [0.25, 0.3) is 0 Å². The highest BCUT2D eigenvalue weighted by Crippen LogP contribution is 2.57. The quantitative estimate of drug-likeness (QED) is 0.533. The molecule has 5 aliphatic heterocycles. The van der Waals surface area contributed by atoms with Crippen LogP contribution in [-0.4, -0.2) is 59.8 Å². The van der Waals surface area contributed by atoms with Crippen molar-refractivity contribution in [2.24, 2.45) is 17.3 Å². The third kappa shape index (κ3) is 4.48. The largest absolute Gasteiger partial charge is 0.391 e. The lowest BCUT2D eigenvalue weighted by Gasteiger charge is -2.65.